The molecule has 256 valence electrons. The Hall–Kier alpha value is -7.36. The van der Waals surface area contributed by atoms with E-state index in [-0.39, 0.29) is 0 Å². The van der Waals surface area contributed by atoms with Crippen molar-refractivity contribution in [2.45, 2.75) is 0 Å². The summed E-state index contributed by atoms with van der Waals surface area (Å²) in [6.07, 6.45) is 3.56. The third-order valence-corrected chi connectivity index (χ3v) is 10.9. The van der Waals surface area contributed by atoms with Crippen LogP contribution in [-0.2, 0) is 0 Å². The predicted molar refractivity (Wildman–Crippen MR) is 229 cm³/mol. The fourth-order valence-electron chi connectivity index (χ4n) is 8.30. The van der Waals surface area contributed by atoms with Crippen LogP contribution in [0.5, 0.6) is 0 Å². The van der Waals surface area contributed by atoms with Crippen molar-refractivity contribution in [2.24, 2.45) is 0 Å². The van der Waals surface area contributed by atoms with Gasteiger partial charge in [0.15, 0.2) is 0 Å². The predicted octanol–water partition coefficient (Wildman–Crippen LogP) is 14.2. The summed E-state index contributed by atoms with van der Waals surface area (Å²) < 4.78 is 7.00. The summed E-state index contributed by atoms with van der Waals surface area (Å²) in [5.74, 6) is 0. The van der Waals surface area contributed by atoms with E-state index < -0.39 is 0 Å². The maximum atomic E-state index is 7.00. The van der Waals surface area contributed by atoms with Crippen molar-refractivity contribution in [3.63, 3.8) is 0 Å². The molecule has 3 heteroatoms. The van der Waals surface area contributed by atoms with Gasteiger partial charge in [-0.25, -0.2) is 0 Å². The minimum absolute atomic E-state index is 0.889. The molecule has 0 aliphatic heterocycles. The Morgan fingerprint density at radius 1 is 0.273 bits per heavy atom. The van der Waals surface area contributed by atoms with Gasteiger partial charge in [-0.1, -0.05) is 146 Å². The first-order valence-corrected chi connectivity index (χ1v) is 18.6. The first-order chi connectivity index (χ1) is 27.3. The van der Waals surface area contributed by atoms with Gasteiger partial charge in [-0.15, -0.1) is 0 Å². The Morgan fingerprint density at radius 3 is 1.31 bits per heavy atom. The number of fused-ring (bicyclic) bond motifs is 9. The van der Waals surface area contributed by atoms with E-state index in [1.807, 2.05) is 0 Å². The molecule has 0 saturated carbocycles. The Labute approximate surface area is 317 Å². The van der Waals surface area contributed by atoms with E-state index >= 15 is 0 Å². The number of rotatable bonds is 5. The van der Waals surface area contributed by atoms with Gasteiger partial charge in [0, 0.05) is 45.1 Å². The van der Waals surface area contributed by atoms with Crippen molar-refractivity contribution in [1.29, 1.82) is 0 Å². The Kier molecular flexibility index (Phi) is 7.17. The molecule has 0 bridgehead atoms. The fraction of sp³-hybridized carbons (Fsp3) is 0. The average Bonchev–Trinajstić information content (AvgIpc) is 3.65. The largest absolute Gasteiger partial charge is 0.455 e. The number of hydrogen-bond acceptors (Lipinski definition) is 3. The third-order valence-electron chi connectivity index (χ3n) is 10.9. The zero-order valence-electron chi connectivity index (χ0n) is 29.8. The minimum Gasteiger partial charge on any atom is -0.455 e. The average molecular weight is 701 g/mol. The SMILES string of the molecule is c1ccc(-c2cc(-c3ccccc3)c3oc4c(-c5ccccc5)cc(-c5cccc(-c6ccc7c(c6)c6ccccc6c6nccnc76)c5)cc4c3c2)cc1. The molecular formula is C52H32N2O. The summed E-state index contributed by atoms with van der Waals surface area (Å²) in [6.45, 7) is 0. The van der Waals surface area contributed by atoms with Gasteiger partial charge in [-0.3, -0.25) is 9.97 Å². The zero-order chi connectivity index (χ0) is 36.3. The zero-order valence-corrected chi connectivity index (χ0v) is 29.8. The molecule has 0 atom stereocenters. The van der Waals surface area contributed by atoms with Gasteiger partial charge in [-0.2, -0.15) is 0 Å². The van der Waals surface area contributed by atoms with Gasteiger partial charge in [0.05, 0.1) is 11.0 Å². The van der Waals surface area contributed by atoms with Crippen LogP contribution in [0.25, 0.3) is 110 Å². The molecule has 0 amide bonds. The molecule has 11 aromatic rings. The molecule has 11 rings (SSSR count). The third kappa shape index (κ3) is 5.20. The maximum Gasteiger partial charge on any atom is 0.143 e. The maximum absolute atomic E-state index is 7.00. The quantitative estimate of drug-likeness (QED) is 0.168. The van der Waals surface area contributed by atoms with Gasteiger partial charge >= 0.3 is 0 Å². The summed E-state index contributed by atoms with van der Waals surface area (Å²) in [7, 11) is 0. The van der Waals surface area contributed by atoms with E-state index in [0.29, 0.717) is 0 Å². The van der Waals surface area contributed by atoms with Crippen LogP contribution in [0.3, 0.4) is 0 Å². The minimum atomic E-state index is 0.889. The van der Waals surface area contributed by atoms with Crippen molar-refractivity contribution < 1.29 is 4.42 Å². The van der Waals surface area contributed by atoms with Gasteiger partial charge in [-0.05, 0) is 91.7 Å². The normalized spacial score (nSPS) is 11.6. The molecular weight excluding hydrogens is 669 g/mol. The van der Waals surface area contributed by atoms with E-state index in [9.17, 15) is 0 Å². The van der Waals surface area contributed by atoms with Gasteiger partial charge in [0.1, 0.15) is 11.2 Å². The van der Waals surface area contributed by atoms with Crippen molar-refractivity contribution in [3.05, 3.63) is 194 Å². The van der Waals surface area contributed by atoms with Crippen LogP contribution in [0.2, 0.25) is 0 Å². The molecule has 3 nitrogen and oxygen atoms in total. The lowest BCUT2D eigenvalue weighted by molar-refractivity contribution is 0.671. The summed E-state index contributed by atoms with van der Waals surface area (Å²) in [5.41, 5.74) is 14.9. The highest BCUT2D eigenvalue weighted by molar-refractivity contribution is 6.23. The Balaban J connectivity index is 1.14. The van der Waals surface area contributed by atoms with Gasteiger partial charge < -0.3 is 4.42 Å². The molecule has 0 N–H and O–H groups in total. The Morgan fingerprint density at radius 2 is 0.709 bits per heavy atom. The molecule has 0 radical (unpaired) electrons. The van der Waals surface area contributed by atoms with E-state index in [4.69, 9.17) is 14.4 Å². The van der Waals surface area contributed by atoms with Crippen molar-refractivity contribution in [2.75, 3.05) is 0 Å². The lowest BCUT2D eigenvalue weighted by Gasteiger charge is -2.12. The lowest BCUT2D eigenvalue weighted by Crippen LogP contribution is -1.89. The van der Waals surface area contributed by atoms with Crippen LogP contribution in [0.1, 0.15) is 0 Å². The second kappa shape index (κ2) is 12.6. The van der Waals surface area contributed by atoms with Gasteiger partial charge in [0.2, 0.25) is 0 Å². The highest BCUT2D eigenvalue weighted by atomic mass is 16.3. The molecule has 0 saturated heterocycles. The molecule has 9 aromatic carbocycles. The number of aromatic nitrogens is 2. The number of hydrogen-bond donors (Lipinski definition) is 0. The number of benzene rings is 9. The van der Waals surface area contributed by atoms with E-state index in [2.05, 4.69) is 182 Å². The molecule has 2 heterocycles. The van der Waals surface area contributed by atoms with Crippen LogP contribution in [0.4, 0.5) is 0 Å². The molecule has 55 heavy (non-hydrogen) atoms. The molecule has 0 aliphatic rings. The van der Waals surface area contributed by atoms with Crippen LogP contribution in [0, 0.1) is 0 Å². The lowest BCUT2D eigenvalue weighted by atomic mass is 9.91. The van der Waals surface area contributed by atoms with Crippen molar-refractivity contribution in [3.8, 4) is 55.6 Å². The van der Waals surface area contributed by atoms with Crippen molar-refractivity contribution in [1.82, 2.24) is 9.97 Å². The molecule has 0 fully saturated rings. The Bertz CT molecular complexity index is 3210. The van der Waals surface area contributed by atoms with Gasteiger partial charge in [0.25, 0.3) is 0 Å². The van der Waals surface area contributed by atoms with Crippen LogP contribution < -0.4 is 0 Å². The first-order valence-electron chi connectivity index (χ1n) is 18.6. The fourth-order valence-corrected chi connectivity index (χ4v) is 8.30. The summed E-state index contributed by atoms with van der Waals surface area (Å²) >= 11 is 0. The van der Waals surface area contributed by atoms with Crippen LogP contribution in [0.15, 0.2) is 199 Å². The second-order valence-electron chi connectivity index (χ2n) is 14.1. The standard InChI is InChI=1S/C52H32N2O/c1-4-13-33(14-5-1)39-29-44(34-15-6-2-7-16-34)51-47(31-39)48-32-40(30-45(52(48)55-51)35-17-8-3-9-18-35)37-20-12-19-36(27-37)38-23-24-43-46(28-38)41-21-10-11-22-42(41)49-50(43)54-26-25-53-49/h1-32H. The monoisotopic (exact) mass is 700 g/mol. The topological polar surface area (TPSA) is 38.9 Å². The molecule has 0 unspecified atom stereocenters. The summed E-state index contributed by atoms with van der Waals surface area (Å²) in [6, 6.07) is 65.1. The highest BCUT2D eigenvalue weighted by Gasteiger charge is 2.20. The van der Waals surface area contributed by atoms with E-state index in [1.54, 1.807) is 12.4 Å². The molecule has 2 aromatic heterocycles. The van der Waals surface area contributed by atoms with Crippen LogP contribution >= 0.6 is 0 Å². The first kappa shape index (κ1) is 31.2. The smallest absolute Gasteiger partial charge is 0.143 e. The van der Waals surface area contributed by atoms with E-state index in [0.717, 1.165) is 93.8 Å². The van der Waals surface area contributed by atoms with Crippen LogP contribution in [-0.4, -0.2) is 9.97 Å². The number of furan rings is 1. The summed E-state index contributed by atoms with van der Waals surface area (Å²) in [5, 5.41) is 6.77. The number of nitrogens with zero attached hydrogens (tertiary/aromatic N) is 2. The van der Waals surface area contributed by atoms with E-state index in [1.165, 1.54) is 16.3 Å². The highest BCUT2D eigenvalue weighted by Crippen LogP contribution is 2.45. The van der Waals surface area contributed by atoms with Crippen molar-refractivity contribution >= 4 is 54.5 Å². The molecule has 0 spiro atoms. The molecule has 0 aliphatic carbocycles. The second-order valence-corrected chi connectivity index (χ2v) is 14.1. The summed E-state index contributed by atoms with van der Waals surface area (Å²) in [4.78, 5) is 9.49.